The Morgan fingerprint density at radius 1 is 0.500 bits per heavy atom. The van der Waals surface area contributed by atoms with E-state index in [1.54, 1.807) is 12.1 Å². The Bertz CT molecular complexity index is 1350. The minimum atomic E-state index is 0.299. The number of rotatable bonds is 8. The van der Waals surface area contributed by atoms with E-state index in [2.05, 4.69) is 80.4 Å². The summed E-state index contributed by atoms with van der Waals surface area (Å²) < 4.78 is 0. The van der Waals surface area contributed by atoms with Gasteiger partial charge < -0.3 is 10.2 Å². The number of benzene rings is 4. The molecule has 6 heteroatoms. The molecule has 2 N–H and O–H groups in total. The molecule has 0 amide bonds. The molecule has 2 saturated heterocycles. The fourth-order valence-corrected chi connectivity index (χ4v) is 5.70. The molecule has 2 aliphatic rings. The van der Waals surface area contributed by atoms with E-state index >= 15 is 0 Å². The molecule has 0 radical (unpaired) electrons. The van der Waals surface area contributed by atoms with Gasteiger partial charge in [-0.25, -0.2) is 0 Å². The first kappa shape index (κ1) is 31.2. The summed E-state index contributed by atoms with van der Waals surface area (Å²) in [5.41, 5.74) is 4.35. The number of hydrogen-bond acceptors (Lipinski definition) is 6. The maximum atomic E-state index is 9.75. The Morgan fingerprint density at radius 3 is 1.20 bits per heavy atom. The van der Waals surface area contributed by atoms with Crippen LogP contribution in [0.25, 0.3) is 0 Å². The smallest absolute Gasteiger partial charge is 0.124 e. The van der Waals surface area contributed by atoms with Crippen LogP contribution in [0.4, 0.5) is 0 Å². The highest BCUT2D eigenvalue weighted by molar-refractivity contribution is 5.83. The van der Waals surface area contributed by atoms with Crippen molar-refractivity contribution in [2.45, 2.75) is 50.9 Å². The van der Waals surface area contributed by atoms with Crippen molar-refractivity contribution < 1.29 is 10.2 Å². The molecule has 0 atom stereocenters. The normalized spacial score (nSPS) is 17.1. The van der Waals surface area contributed by atoms with Gasteiger partial charge >= 0.3 is 0 Å². The number of phenolic OH excluding ortho intramolecular Hbond substituents is 2. The van der Waals surface area contributed by atoms with Crippen molar-refractivity contribution in [3.05, 3.63) is 131 Å². The molecule has 44 heavy (non-hydrogen) atoms. The van der Waals surface area contributed by atoms with Gasteiger partial charge in [-0.1, -0.05) is 84.9 Å². The number of likely N-dealkylation sites (tertiary alicyclic amines) is 2. The highest BCUT2D eigenvalue weighted by Gasteiger charge is 2.19. The number of hydrogen-bond donors (Lipinski definition) is 2. The first-order valence-electron chi connectivity index (χ1n) is 15.8. The lowest BCUT2D eigenvalue weighted by Crippen LogP contribution is -2.34. The minimum Gasteiger partial charge on any atom is -0.507 e. The van der Waals surface area contributed by atoms with Crippen LogP contribution in [-0.4, -0.2) is 70.7 Å². The quantitative estimate of drug-likeness (QED) is 0.219. The van der Waals surface area contributed by atoms with Gasteiger partial charge in [0, 0.05) is 62.8 Å². The molecule has 0 saturated carbocycles. The number of para-hydroxylation sites is 2. The van der Waals surface area contributed by atoms with E-state index in [4.69, 9.17) is 0 Å². The van der Waals surface area contributed by atoms with Crippen LogP contribution in [0, 0.1) is 0 Å². The van der Waals surface area contributed by atoms with Gasteiger partial charge in [-0.15, -0.1) is 0 Å². The summed E-state index contributed by atoms with van der Waals surface area (Å²) in [6.45, 7) is 6.37. The van der Waals surface area contributed by atoms with Crippen molar-refractivity contribution in [2.24, 2.45) is 9.98 Å². The second-order valence-corrected chi connectivity index (χ2v) is 11.7. The van der Waals surface area contributed by atoms with Gasteiger partial charge in [0.05, 0.1) is 12.1 Å². The molecule has 2 aliphatic heterocycles. The van der Waals surface area contributed by atoms with Crippen LogP contribution in [0.1, 0.15) is 47.9 Å². The van der Waals surface area contributed by atoms with E-state index < -0.39 is 0 Å². The molecule has 0 spiro atoms. The summed E-state index contributed by atoms with van der Waals surface area (Å²) in [6.07, 6.45) is 7.95. The number of phenols is 2. The number of aromatic hydroxyl groups is 2. The zero-order valence-corrected chi connectivity index (χ0v) is 25.5. The molecule has 0 unspecified atom stereocenters. The Kier molecular flexibility index (Phi) is 11.7. The standard InChI is InChI=1S/2C19H22N2O/c2*22-19-9-5-4-8-17(19)14-20-18-10-12-21(13-11-18)15-16-6-2-1-3-7-16/h2*1-9,14,18,22H,10-13,15H2. The lowest BCUT2D eigenvalue weighted by molar-refractivity contribution is 0.206. The largest absolute Gasteiger partial charge is 0.507 e. The van der Waals surface area contributed by atoms with Gasteiger partial charge in [0.15, 0.2) is 0 Å². The van der Waals surface area contributed by atoms with Crippen LogP contribution in [0.5, 0.6) is 11.5 Å². The Labute approximate surface area is 262 Å². The van der Waals surface area contributed by atoms with Crippen molar-refractivity contribution in [2.75, 3.05) is 26.2 Å². The van der Waals surface area contributed by atoms with Gasteiger partial charge in [0.2, 0.25) is 0 Å². The molecule has 228 valence electrons. The summed E-state index contributed by atoms with van der Waals surface area (Å²) in [4.78, 5) is 14.3. The van der Waals surface area contributed by atoms with Crippen LogP contribution in [0.15, 0.2) is 119 Å². The second kappa shape index (κ2) is 16.6. The number of piperidine rings is 2. The fraction of sp³-hybridized carbons (Fsp3) is 0.316. The van der Waals surface area contributed by atoms with Crippen molar-refractivity contribution in [1.29, 1.82) is 0 Å². The monoisotopic (exact) mass is 588 g/mol. The summed E-state index contributed by atoms with van der Waals surface area (Å²) in [5, 5.41) is 19.5. The predicted octanol–water partition coefficient (Wildman–Crippen LogP) is 6.95. The van der Waals surface area contributed by atoms with E-state index in [-0.39, 0.29) is 0 Å². The third-order valence-electron chi connectivity index (χ3n) is 8.33. The van der Waals surface area contributed by atoms with Crippen LogP contribution in [0.2, 0.25) is 0 Å². The van der Waals surface area contributed by atoms with Gasteiger partial charge in [-0.3, -0.25) is 19.8 Å². The summed E-state index contributed by atoms with van der Waals surface area (Å²) in [7, 11) is 0. The third-order valence-corrected chi connectivity index (χ3v) is 8.33. The van der Waals surface area contributed by atoms with Gasteiger partial charge in [-0.2, -0.15) is 0 Å². The van der Waals surface area contributed by atoms with Crippen molar-refractivity contribution >= 4 is 12.4 Å². The first-order chi connectivity index (χ1) is 21.6. The topological polar surface area (TPSA) is 71.7 Å². The van der Waals surface area contributed by atoms with E-state index in [0.717, 1.165) is 76.1 Å². The van der Waals surface area contributed by atoms with Gasteiger partial charge in [0.25, 0.3) is 0 Å². The lowest BCUT2D eigenvalue weighted by Gasteiger charge is -2.30. The third kappa shape index (κ3) is 9.90. The molecule has 2 fully saturated rings. The Balaban J connectivity index is 0.000000175. The molecule has 4 aromatic carbocycles. The van der Waals surface area contributed by atoms with Crippen molar-refractivity contribution in [1.82, 2.24) is 9.80 Å². The van der Waals surface area contributed by atoms with Crippen molar-refractivity contribution in [3.63, 3.8) is 0 Å². The molecular formula is C38H44N4O2. The SMILES string of the molecule is Oc1ccccc1C=NC1CCN(Cc2ccccc2)CC1.Oc1ccccc1C=NC1CCN(Cc2ccccc2)CC1. The van der Waals surface area contributed by atoms with E-state index in [1.165, 1.54) is 11.1 Å². The molecule has 6 rings (SSSR count). The summed E-state index contributed by atoms with van der Waals surface area (Å²) in [5.74, 6) is 0.598. The highest BCUT2D eigenvalue weighted by atomic mass is 16.3. The molecule has 6 nitrogen and oxygen atoms in total. The van der Waals surface area contributed by atoms with Crippen LogP contribution in [-0.2, 0) is 13.1 Å². The molecule has 2 heterocycles. The van der Waals surface area contributed by atoms with E-state index in [0.29, 0.717) is 23.6 Å². The minimum absolute atomic E-state index is 0.299. The zero-order chi connectivity index (χ0) is 30.4. The Hall–Kier alpha value is -4.26. The molecule has 0 aromatic heterocycles. The maximum Gasteiger partial charge on any atom is 0.124 e. The lowest BCUT2D eigenvalue weighted by atomic mass is 10.0. The molecule has 4 aromatic rings. The molecular weight excluding hydrogens is 544 g/mol. The first-order valence-corrected chi connectivity index (χ1v) is 15.8. The summed E-state index contributed by atoms with van der Waals surface area (Å²) >= 11 is 0. The van der Waals surface area contributed by atoms with E-state index in [1.807, 2.05) is 48.8 Å². The molecule has 0 aliphatic carbocycles. The number of nitrogens with zero attached hydrogens (tertiary/aromatic N) is 4. The van der Waals surface area contributed by atoms with Crippen LogP contribution in [0.3, 0.4) is 0 Å². The fourth-order valence-electron chi connectivity index (χ4n) is 5.70. The molecule has 0 bridgehead atoms. The van der Waals surface area contributed by atoms with Gasteiger partial charge in [-0.05, 0) is 61.1 Å². The van der Waals surface area contributed by atoms with Crippen molar-refractivity contribution in [3.8, 4) is 11.5 Å². The maximum absolute atomic E-state index is 9.75. The zero-order valence-electron chi connectivity index (χ0n) is 25.5. The Morgan fingerprint density at radius 2 is 0.841 bits per heavy atom. The predicted molar refractivity (Wildman–Crippen MR) is 181 cm³/mol. The summed E-state index contributed by atoms with van der Waals surface area (Å²) in [6, 6.07) is 36.6. The number of aliphatic imine (C=N–C) groups is 2. The average molecular weight is 589 g/mol. The van der Waals surface area contributed by atoms with Crippen LogP contribution >= 0.6 is 0 Å². The van der Waals surface area contributed by atoms with Gasteiger partial charge in [0.1, 0.15) is 11.5 Å². The average Bonchev–Trinajstić information content (AvgIpc) is 3.07. The second-order valence-electron chi connectivity index (χ2n) is 11.7. The van der Waals surface area contributed by atoms with E-state index in [9.17, 15) is 10.2 Å². The van der Waals surface area contributed by atoms with Crippen LogP contribution < -0.4 is 0 Å². The highest BCUT2D eigenvalue weighted by Crippen LogP contribution is 2.20.